The first-order valence-corrected chi connectivity index (χ1v) is 10.1. The highest BCUT2D eigenvalue weighted by atomic mass is 32.1. The fourth-order valence-corrected chi connectivity index (χ4v) is 5.09. The highest BCUT2D eigenvalue weighted by molar-refractivity contribution is 7.17. The first kappa shape index (κ1) is 16.4. The molecule has 2 atom stereocenters. The highest BCUT2D eigenvalue weighted by Gasteiger charge is 2.46. The molecular weight excluding hydrogens is 353 g/mol. The summed E-state index contributed by atoms with van der Waals surface area (Å²) in [5, 5.41) is 8.08. The van der Waals surface area contributed by atoms with E-state index < -0.39 is 5.67 Å². The number of hydrogen-bond donors (Lipinski definition) is 2. The summed E-state index contributed by atoms with van der Waals surface area (Å²) in [5.41, 5.74) is -0.410. The molecule has 1 amide bonds. The van der Waals surface area contributed by atoms with E-state index in [1.807, 2.05) is 11.4 Å². The molecule has 1 saturated heterocycles. The number of alkyl halides is 1. The van der Waals surface area contributed by atoms with Crippen molar-refractivity contribution >= 4 is 33.3 Å². The average Bonchev–Trinajstić information content (AvgIpc) is 2.99. The van der Waals surface area contributed by atoms with Gasteiger partial charge in [0.15, 0.2) is 0 Å². The Morgan fingerprint density at radius 3 is 2.96 bits per heavy atom. The summed E-state index contributed by atoms with van der Waals surface area (Å²) in [4.78, 5) is 22.7. The van der Waals surface area contributed by atoms with Gasteiger partial charge in [0.25, 0.3) is 0 Å². The number of fused-ring (bicyclic) bond motifs is 2. The summed E-state index contributed by atoms with van der Waals surface area (Å²) in [6.07, 6.45) is 3.63. The fraction of sp³-hybridized carbons (Fsp3) is 0.611. The summed E-state index contributed by atoms with van der Waals surface area (Å²) < 4.78 is 15.8. The molecule has 2 aromatic heterocycles. The largest absolute Gasteiger partial charge is 0.366 e. The molecule has 0 aromatic carbocycles. The van der Waals surface area contributed by atoms with Gasteiger partial charge in [0.2, 0.25) is 5.91 Å². The third kappa shape index (κ3) is 3.16. The minimum Gasteiger partial charge on any atom is -0.366 e. The lowest BCUT2D eigenvalue weighted by atomic mass is 9.77. The number of nitrogens with zero attached hydrogens (tertiary/aromatic N) is 3. The van der Waals surface area contributed by atoms with Gasteiger partial charge in [-0.25, -0.2) is 14.4 Å². The molecule has 2 unspecified atom stereocenters. The number of piperidine rings is 1. The van der Waals surface area contributed by atoms with Crippen LogP contribution in [0.15, 0.2) is 17.8 Å². The Morgan fingerprint density at radius 1 is 1.35 bits per heavy atom. The van der Waals surface area contributed by atoms with Crippen LogP contribution in [-0.4, -0.2) is 58.7 Å². The number of rotatable bonds is 6. The monoisotopic (exact) mass is 375 g/mol. The Bertz CT molecular complexity index is 826. The van der Waals surface area contributed by atoms with Gasteiger partial charge in [-0.3, -0.25) is 9.69 Å². The molecule has 3 aliphatic rings. The van der Waals surface area contributed by atoms with Gasteiger partial charge in [-0.2, -0.15) is 0 Å². The normalized spacial score (nSPS) is 32.9. The van der Waals surface area contributed by atoms with E-state index in [2.05, 4.69) is 25.5 Å². The van der Waals surface area contributed by atoms with Crippen molar-refractivity contribution in [2.24, 2.45) is 11.8 Å². The van der Waals surface area contributed by atoms with E-state index in [9.17, 15) is 9.18 Å². The van der Waals surface area contributed by atoms with E-state index in [-0.39, 0.29) is 18.5 Å². The smallest absolute Gasteiger partial charge is 0.234 e. The molecule has 2 aromatic rings. The predicted molar refractivity (Wildman–Crippen MR) is 98.9 cm³/mol. The molecule has 3 heterocycles. The summed E-state index contributed by atoms with van der Waals surface area (Å²) in [7, 11) is 0. The number of amides is 1. The van der Waals surface area contributed by atoms with Crippen molar-refractivity contribution in [3.05, 3.63) is 17.8 Å². The van der Waals surface area contributed by atoms with E-state index in [1.54, 1.807) is 11.3 Å². The van der Waals surface area contributed by atoms with Crippen molar-refractivity contribution < 1.29 is 9.18 Å². The van der Waals surface area contributed by atoms with Crippen molar-refractivity contribution in [2.75, 3.05) is 31.5 Å². The van der Waals surface area contributed by atoms with Crippen LogP contribution < -0.4 is 10.6 Å². The van der Waals surface area contributed by atoms with Crippen molar-refractivity contribution in [2.45, 2.75) is 31.0 Å². The molecule has 26 heavy (non-hydrogen) atoms. The van der Waals surface area contributed by atoms with Crippen molar-refractivity contribution in [3.63, 3.8) is 0 Å². The van der Waals surface area contributed by atoms with E-state index in [0.717, 1.165) is 41.0 Å². The summed E-state index contributed by atoms with van der Waals surface area (Å²) >= 11 is 1.58. The van der Waals surface area contributed by atoms with Crippen LogP contribution in [0, 0.1) is 11.8 Å². The summed E-state index contributed by atoms with van der Waals surface area (Å²) in [6, 6.07) is 2.00. The number of nitrogens with one attached hydrogen (secondary N) is 2. The summed E-state index contributed by atoms with van der Waals surface area (Å²) in [5.74, 6) is 2.33. The lowest BCUT2D eigenvalue weighted by Gasteiger charge is -2.42. The first-order chi connectivity index (χ1) is 12.6. The fourth-order valence-electron chi connectivity index (χ4n) is 4.30. The molecule has 2 aliphatic carbocycles. The number of halogens is 1. The van der Waals surface area contributed by atoms with Gasteiger partial charge < -0.3 is 10.6 Å². The minimum absolute atomic E-state index is 0.0443. The van der Waals surface area contributed by atoms with Crippen LogP contribution in [0.1, 0.15) is 19.3 Å². The third-order valence-corrected chi connectivity index (χ3v) is 6.74. The van der Waals surface area contributed by atoms with Crippen LogP contribution >= 0.6 is 11.3 Å². The van der Waals surface area contributed by atoms with Gasteiger partial charge in [-0.1, -0.05) is 0 Å². The second-order valence-corrected chi connectivity index (χ2v) is 8.90. The zero-order valence-corrected chi connectivity index (χ0v) is 15.3. The molecule has 0 bridgehead atoms. The van der Waals surface area contributed by atoms with Crippen molar-refractivity contribution in [3.8, 4) is 0 Å². The number of carbonyl (C=O) groups is 1. The van der Waals surface area contributed by atoms with Gasteiger partial charge in [0, 0.05) is 32.0 Å². The lowest BCUT2D eigenvalue weighted by Crippen LogP contribution is -2.54. The number of anilines is 1. The predicted octanol–water partition coefficient (Wildman–Crippen LogP) is 2.04. The second kappa shape index (κ2) is 6.13. The molecule has 2 N–H and O–H groups in total. The van der Waals surface area contributed by atoms with E-state index in [4.69, 9.17) is 0 Å². The van der Waals surface area contributed by atoms with Gasteiger partial charge in [-0.05, 0) is 29.7 Å². The SMILES string of the molecule is O=C(CN1CC2CC2C1)NCC1(F)CC(Nc2ncnc3ccsc23)C1. The number of carbonyl (C=O) groups excluding carboxylic acids is 1. The van der Waals surface area contributed by atoms with Crippen LogP contribution in [0.25, 0.3) is 10.2 Å². The molecule has 3 fully saturated rings. The van der Waals surface area contributed by atoms with Crippen molar-refractivity contribution in [1.29, 1.82) is 0 Å². The average molecular weight is 375 g/mol. The minimum atomic E-state index is -1.32. The highest BCUT2D eigenvalue weighted by Crippen LogP contribution is 2.44. The second-order valence-electron chi connectivity index (χ2n) is 7.98. The zero-order valence-electron chi connectivity index (χ0n) is 14.4. The van der Waals surface area contributed by atoms with Gasteiger partial charge >= 0.3 is 0 Å². The molecule has 1 aliphatic heterocycles. The topological polar surface area (TPSA) is 70.2 Å². The quantitative estimate of drug-likeness (QED) is 0.809. The molecule has 0 spiro atoms. The molecule has 8 heteroatoms. The Morgan fingerprint density at radius 2 is 2.15 bits per heavy atom. The first-order valence-electron chi connectivity index (χ1n) is 9.21. The Balaban J connectivity index is 1.09. The number of likely N-dealkylation sites (tertiary alicyclic amines) is 1. The van der Waals surface area contributed by atoms with Crippen molar-refractivity contribution in [1.82, 2.24) is 20.2 Å². The van der Waals surface area contributed by atoms with Crippen LogP contribution in [0.3, 0.4) is 0 Å². The lowest BCUT2D eigenvalue weighted by molar-refractivity contribution is -0.123. The maximum Gasteiger partial charge on any atom is 0.234 e. The van der Waals surface area contributed by atoms with Crippen LogP contribution in [0.5, 0.6) is 0 Å². The third-order valence-electron chi connectivity index (χ3n) is 5.83. The number of thiophene rings is 1. The maximum absolute atomic E-state index is 14.8. The van der Waals surface area contributed by atoms with E-state index >= 15 is 0 Å². The van der Waals surface area contributed by atoms with E-state index in [0.29, 0.717) is 19.4 Å². The Kier molecular flexibility index (Phi) is 3.86. The molecule has 0 radical (unpaired) electrons. The standard InChI is InChI=1S/C18H22FN5OS/c19-18(9-20-15(25)8-24-6-11-3-12(11)7-24)4-13(5-18)23-17-16-14(1-2-26-16)21-10-22-17/h1-2,10-13H,3-9H2,(H,20,25)(H,21,22,23). The Hall–Kier alpha value is -1.80. The molecule has 5 rings (SSSR count). The van der Waals surface area contributed by atoms with Gasteiger partial charge in [0.1, 0.15) is 17.8 Å². The van der Waals surface area contributed by atoms with Crippen LogP contribution in [0.2, 0.25) is 0 Å². The Labute approximate surface area is 155 Å². The molecule has 6 nitrogen and oxygen atoms in total. The van der Waals surface area contributed by atoms with Gasteiger partial charge in [-0.15, -0.1) is 11.3 Å². The van der Waals surface area contributed by atoms with Crippen LogP contribution in [0.4, 0.5) is 10.2 Å². The van der Waals surface area contributed by atoms with Crippen LogP contribution in [-0.2, 0) is 4.79 Å². The maximum atomic E-state index is 14.8. The molecule has 2 saturated carbocycles. The number of hydrogen-bond acceptors (Lipinski definition) is 6. The molecule has 138 valence electrons. The molecular formula is C18H22FN5OS. The van der Waals surface area contributed by atoms with Gasteiger partial charge in [0.05, 0.1) is 23.3 Å². The number of aromatic nitrogens is 2. The zero-order chi connectivity index (χ0) is 17.7. The van der Waals surface area contributed by atoms with E-state index in [1.165, 1.54) is 12.7 Å². The summed E-state index contributed by atoms with van der Waals surface area (Å²) in [6.45, 7) is 2.56.